The Labute approximate surface area is 183 Å². The van der Waals surface area contributed by atoms with E-state index >= 15 is 0 Å². The van der Waals surface area contributed by atoms with Gasteiger partial charge in [-0.25, -0.2) is 4.57 Å². The van der Waals surface area contributed by atoms with Crippen LogP contribution in [-0.4, -0.2) is 4.40 Å². The first kappa shape index (κ1) is 18.6. The smallest absolute Gasteiger partial charge is 0.224 e. The molecule has 0 radical (unpaired) electrons. The van der Waals surface area contributed by atoms with Crippen LogP contribution in [0.1, 0.15) is 37.5 Å². The summed E-state index contributed by atoms with van der Waals surface area (Å²) in [5.74, 6) is 0. The number of hydrogen-bond donors (Lipinski definition) is 0. The minimum absolute atomic E-state index is 0.237. The SMILES string of the molecule is Cc1cc2c3c(CC(C)(C)C)cccc3n3c4cccc5cc[n+](C)c(c(c1C)c23)c54. The van der Waals surface area contributed by atoms with Crippen molar-refractivity contribution in [1.29, 1.82) is 0 Å². The maximum Gasteiger partial charge on any atom is 0.224 e. The summed E-state index contributed by atoms with van der Waals surface area (Å²) in [6, 6.07) is 18.3. The molecule has 0 fully saturated rings. The van der Waals surface area contributed by atoms with Gasteiger partial charge >= 0.3 is 0 Å². The Balaban J connectivity index is 2.01. The molecule has 6 rings (SSSR count). The molecule has 3 aromatic heterocycles. The summed E-state index contributed by atoms with van der Waals surface area (Å²) >= 11 is 0. The largest absolute Gasteiger partial charge is 0.307 e. The highest BCUT2D eigenvalue weighted by Gasteiger charge is 2.26. The van der Waals surface area contributed by atoms with Crippen molar-refractivity contribution in [2.45, 2.75) is 41.0 Å². The van der Waals surface area contributed by atoms with Gasteiger partial charge in [-0.3, -0.25) is 0 Å². The third-order valence-electron chi connectivity index (χ3n) is 7.02. The van der Waals surface area contributed by atoms with Gasteiger partial charge in [0.25, 0.3) is 0 Å². The zero-order valence-electron chi connectivity index (χ0n) is 19.3. The molecule has 0 unspecified atom stereocenters. The van der Waals surface area contributed by atoms with Gasteiger partial charge in [0, 0.05) is 16.8 Å². The average Bonchev–Trinajstić information content (AvgIpc) is 3.04. The molecule has 0 saturated carbocycles. The molecule has 3 aromatic carbocycles. The number of nitrogens with zero attached hydrogens (tertiary/aromatic N) is 2. The van der Waals surface area contributed by atoms with Crippen LogP contribution in [0.3, 0.4) is 0 Å². The first-order chi connectivity index (χ1) is 14.8. The fourth-order valence-electron chi connectivity index (χ4n) is 5.67. The minimum Gasteiger partial charge on any atom is -0.307 e. The number of hydrogen-bond acceptors (Lipinski definition) is 0. The standard InChI is InChI=1S/C29H29N2/c1-17-15-21-25-20(16-29(3,4)5)10-8-11-22(25)31-23-12-7-9-19-13-14-30(6)28(26(19)23)24(18(17)2)27(21)31/h7-15H,16H2,1-6H3/q+1. The molecular weight excluding hydrogens is 376 g/mol. The topological polar surface area (TPSA) is 8.29 Å². The van der Waals surface area contributed by atoms with E-state index in [0.717, 1.165) is 6.42 Å². The molecule has 0 aliphatic heterocycles. The van der Waals surface area contributed by atoms with Crippen LogP contribution in [0.4, 0.5) is 0 Å². The van der Waals surface area contributed by atoms with Crippen LogP contribution in [0.15, 0.2) is 54.7 Å². The van der Waals surface area contributed by atoms with Gasteiger partial charge < -0.3 is 4.40 Å². The Kier molecular flexibility index (Phi) is 3.59. The normalized spacial score (nSPS) is 13.0. The molecule has 0 atom stereocenters. The molecule has 2 nitrogen and oxygen atoms in total. The van der Waals surface area contributed by atoms with Crippen LogP contribution in [0.2, 0.25) is 0 Å². The van der Waals surface area contributed by atoms with E-state index in [1.54, 1.807) is 0 Å². The molecule has 0 aliphatic carbocycles. The molecule has 3 heterocycles. The predicted molar refractivity (Wildman–Crippen MR) is 132 cm³/mol. The summed E-state index contributed by atoms with van der Waals surface area (Å²) in [7, 11) is 2.18. The van der Waals surface area contributed by atoms with Gasteiger partial charge in [-0.2, -0.15) is 0 Å². The van der Waals surface area contributed by atoms with Gasteiger partial charge in [-0.05, 0) is 66.0 Å². The van der Waals surface area contributed by atoms with Crippen molar-refractivity contribution in [3.05, 3.63) is 71.4 Å². The van der Waals surface area contributed by atoms with E-state index in [1.165, 1.54) is 65.7 Å². The Morgan fingerprint density at radius 1 is 0.871 bits per heavy atom. The predicted octanol–water partition coefficient (Wildman–Crippen LogP) is 7.02. The molecule has 31 heavy (non-hydrogen) atoms. The molecule has 6 aromatic rings. The van der Waals surface area contributed by atoms with E-state index in [2.05, 4.69) is 105 Å². The van der Waals surface area contributed by atoms with E-state index < -0.39 is 0 Å². The number of aryl methyl sites for hydroxylation is 3. The van der Waals surface area contributed by atoms with Crippen molar-refractivity contribution in [2.75, 3.05) is 0 Å². The summed E-state index contributed by atoms with van der Waals surface area (Å²) < 4.78 is 4.85. The van der Waals surface area contributed by atoms with Crippen LogP contribution >= 0.6 is 0 Å². The zero-order valence-corrected chi connectivity index (χ0v) is 19.3. The minimum atomic E-state index is 0.237. The van der Waals surface area contributed by atoms with Crippen LogP contribution in [0.25, 0.3) is 49.0 Å². The lowest BCUT2D eigenvalue weighted by atomic mass is 9.86. The fourth-order valence-corrected chi connectivity index (χ4v) is 5.67. The summed E-state index contributed by atoms with van der Waals surface area (Å²) in [5.41, 5.74) is 9.76. The zero-order chi connectivity index (χ0) is 21.7. The molecule has 2 heteroatoms. The second-order valence-electron chi connectivity index (χ2n) is 10.5. The third-order valence-corrected chi connectivity index (χ3v) is 7.02. The lowest BCUT2D eigenvalue weighted by Gasteiger charge is -2.19. The van der Waals surface area contributed by atoms with E-state index in [-0.39, 0.29) is 5.41 Å². The highest BCUT2D eigenvalue weighted by Crippen LogP contribution is 2.43. The second kappa shape index (κ2) is 5.97. The van der Waals surface area contributed by atoms with Gasteiger partial charge in [-0.1, -0.05) is 45.0 Å². The second-order valence-corrected chi connectivity index (χ2v) is 10.5. The van der Waals surface area contributed by atoms with Gasteiger partial charge in [0.05, 0.1) is 27.3 Å². The molecule has 0 spiro atoms. The number of benzene rings is 3. The van der Waals surface area contributed by atoms with Gasteiger partial charge in [0.1, 0.15) is 7.05 Å². The molecule has 154 valence electrons. The Morgan fingerprint density at radius 3 is 2.32 bits per heavy atom. The summed E-state index contributed by atoms with van der Waals surface area (Å²) in [5, 5.41) is 6.86. The van der Waals surface area contributed by atoms with E-state index in [0.29, 0.717) is 0 Å². The lowest BCUT2D eigenvalue weighted by molar-refractivity contribution is -0.643. The number of rotatable bonds is 1. The Bertz CT molecular complexity index is 1660. The van der Waals surface area contributed by atoms with Crippen LogP contribution in [0, 0.1) is 19.3 Å². The molecule has 0 saturated heterocycles. The molecule has 0 bridgehead atoms. The van der Waals surface area contributed by atoms with Gasteiger partial charge in [0.2, 0.25) is 5.52 Å². The average molecular weight is 406 g/mol. The lowest BCUT2D eigenvalue weighted by Crippen LogP contribution is -2.29. The first-order valence-corrected chi connectivity index (χ1v) is 11.2. The summed E-state index contributed by atoms with van der Waals surface area (Å²) in [6.07, 6.45) is 3.27. The van der Waals surface area contributed by atoms with E-state index in [9.17, 15) is 0 Å². The Hall–Kier alpha value is -3.13. The highest BCUT2D eigenvalue weighted by molar-refractivity contribution is 6.26. The van der Waals surface area contributed by atoms with Gasteiger partial charge in [-0.15, -0.1) is 0 Å². The third kappa shape index (κ3) is 2.42. The quantitative estimate of drug-likeness (QED) is 0.158. The monoisotopic (exact) mass is 405 g/mol. The first-order valence-electron chi connectivity index (χ1n) is 11.2. The van der Waals surface area contributed by atoms with Crippen molar-refractivity contribution in [3.8, 4) is 0 Å². The van der Waals surface area contributed by atoms with Crippen molar-refractivity contribution < 1.29 is 4.57 Å². The number of pyridine rings is 2. The number of aromatic nitrogens is 2. The molecule has 0 amide bonds. The molecule has 0 aliphatic rings. The summed E-state index contributed by atoms with van der Waals surface area (Å²) in [4.78, 5) is 0. The maximum absolute atomic E-state index is 2.54. The molecule has 0 N–H and O–H groups in total. The van der Waals surface area contributed by atoms with Crippen LogP contribution in [-0.2, 0) is 13.5 Å². The van der Waals surface area contributed by atoms with Crippen molar-refractivity contribution in [2.24, 2.45) is 12.5 Å². The van der Waals surface area contributed by atoms with E-state index in [1.807, 2.05) is 0 Å². The van der Waals surface area contributed by atoms with E-state index in [4.69, 9.17) is 0 Å². The van der Waals surface area contributed by atoms with Crippen LogP contribution < -0.4 is 4.57 Å². The van der Waals surface area contributed by atoms with Crippen molar-refractivity contribution in [1.82, 2.24) is 4.40 Å². The van der Waals surface area contributed by atoms with Crippen molar-refractivity contribution >= 4 is 49.0 Å². The summed E-state index contributed by atoms with van der Waals surface area (Å²) in [6.45, 7) is 11.6. The Morgan fingerprint density at radius 2 is 1.58 bits per heavy atom. The van der Waals surface area contributed by atoms with Gasteiger partial charge in [0.15, 0.2) is 6.20 Å². The molecular formula is C29H29N2+. The van der Waals surface area contributed by atoms with Crippen molar-refractivity contribution in [3.63, 3.8) is 0 Å². The maximum atomic E-state index is 2.54. The fraction of sp³-hybridized carbons (Fsp3) is 0.276. The van der Waals surface area contributed by atoms with Crippen LogP contribution in [0.5, 0.6) is 0 Å². The highest BCUT2D eigenvalue weighted by atomic mass is 15.0. The number of fused-ring (bicyclic) bond motifs is 5.